The topological polar surface area (TPSA) is 128 Å². The molecule has 2 amide bonds. The predicted molar refractivity (Wildman–Crippen MR) is 170 cm³/mol. The Morgan fingerprint density at radius 3 is 1.86 bits per heavy atom. The summed E-state index contributed by atoms with van der Waals surface area (Å²) in [6, 6.07) is 26.8. The molecule has 3 aromatic rings. The maximum absolute atomic E-state index is 12.4. The highest BCUT2D eigenvalue weighted by Crippen LogP contribution is 2.39. The van der Waals surface area contributed by atoms with Crippen LogP contribution in [0.5, 0.6) is 0 Å². The first-order valence-electron chi connectivity index (χ1n) is 14.7. The largest absolute Gasteiger partial charge is 0.478 e. The average molecular weight is 615 g/mol. The lowest BCUT2D eigenvalue weighted by Gasteiger charge is -2.48. The third-order valence-electron chi connectivity index (χ3n) is 8.80. The highest BCUT2D eigenvalue weighted by atomic mass is 28.4. The fourth-order valence-electron chi connectivity index (χ4n) is 6.85. The zero-order valence-corrected chi connectivity index (χ0v) is 26.1. The van der Waals surface area contributed by atoms with Crippen molar-refractivity contribution >= 4 is 42.4 Å². The molecule has 0 spiro atoms. The summed E-state index contributed by atoms with van der Waals surface area (Å²) < 4.78 is 7.02. The van der Waals surface area contributed by atoms with Gasteiger partial charge in [0, 0.05) is 19.7 Å². The molecule has 0 aromatic heterocycles. The Balaban J connectivity index is 1.41. The van der Waals surface area contributed by atoms with Gasteiger partial charge in [0.2, 0.25) is 0 Å². The Hall–Kier alpha value is -4.41. The van der Waals surface area contributed by atoms with Gasteiger partial charge in [0.25, 0.3) is 8.32 Å². The minimum Gasteiger partial charge on any atom is -0.478 e. The molecule has 0 unspecified atom stereocenters. The van der Waals surface area contributed by atoms with Crippen molar-refractivity contribution in [3.8, 4) is 0 Å². The molecule has 2 aliphatic rings. The monoisotopic (exact) mass is 614 g/mol. The van der Waals surface area contributed by atoms with Crippen molar-refractivity contribution in [1.82, 2.24) is 9.80 Å². The van der Waals surface area contributed by atoms with Crippen molar-refractivity contribution in [2.24, 2.45) is 0 Å². The Morgan fingerprint density at radius 1 is 0.818 bits per heavy atom. The van der Waals surface area contributed by atoms with Crippen molar-refractivity contribution in [2.75, 3.05) is 19.7 Å². The first-order chi connectivity index (χ1) is 20.9. The van der Waals surface area contributed by atoms with Crippen molar-refractivity contribution in [2.45, 2.75) is 50.7 Å². The minimum atomic E-state index is -2.68. The number of piperazine rings is 1. The zero-order valence-electron chi connectivity index (χ0n) is 25.1. The fourth-order valence-corrected chi connectivity index (χ4v) is 11.4. The standard InChI is InChI=1S/C34H38N2O7Si/c1-34(2,3)44(26-10-6-4-7-11-26,27-12-8-5-9-13-27)43-19-18-23-14-16-24(17-15-23)28-20-25-21-35(32(39)40)22-29(30(28)31(37)38)36(25)33(41)42/h4-17,25,29H,18-22H2,1-3H3,(H,37,38)(H,39,40)(H,41,42)/t25-,29-/m1/s1. The molecule has 10 heteroatoms. The number of carbonyl (C=O) groups is 3. The summed E-state index contributed by atoms with van der Waals surface area (Å²) in [6.45, 7) is 6.99. The number of benzene rings is 3. The lowest BCUT2D eigenvalue weighted by Crippen LogP contribution is -2.66. The van der Waals surface area contributed by atoms with Crippen LogP contribution >= 0.6 is 0 Å². The van der Waals surface area contributed by atoms with E-state index in [9.17, 15) is 29.7 Å². The van der Waals surface area contributed by atoms with Gasteiger partial charge >= 0.3 is 18.2 Å². The van der Waals surface area contributed by atoms with Gasteiger partial charge in [-0.05, 0) is 45.0 Å². The lowest BCUT2D eigenvalue weighted by atomic mass is 9.82. The third-order valence-corrected chi connectivity index (χ3v) is 13.8. The van der Waals surface area contributed by atoms with E-state index >= 15 is 0 Å². The molecule has 2 aliphatic heterocycles. The van der Waals surface area contributed by atoms with Gasteiger partial charge in [-0.25, -0.2) is 14.4 Å². The quantitative estimate of drug-likeness (QED) is 0.312. The number of amides is 2. The lowest BCUT2D eigenvalue weighted by molar-refractivity contribution is -0.133. The molecule has 1 saturated heterocycles. The number of carboxylic acids is 1. The van der Waals surface area contributed by atoms with E-state index in [-0.39, 0.29) is 30.1 Å². The van der Waals surface area contributed by atoms with Gasteiger partial charge in [0.05, 0.1) is 17.7 Å². The molecular weight excluding hydrogens is 576 g/mol. The molecule has 44 heavy (non-hydrogen) atoms. The van der Waals surface area contributed by atoms with Gasteiger partial charge in [-0.1, -0.05) is 106 Å². The molecule has 0 saturated carbocycles. The number of fused-ring (bicyclic) bond motifs is 2. The third kappa shape index (κ3) is 5.74. The minimum absolute atomic E-state index is 0.00774. The van der Waals surface area contributed by atoms with Crippen molar-refractivity contribution < 1.29 is 34.1 Å². The molecule has 1 fully saturated rings. The number of nitrogens with zero attached hydrogens (tertiary/aromatic N) is 2. The van der Waals surface area contributed by atoms with E-state index in [1.54, 1.807) is 0 Å². The summed E-state index contributed by atoms with van der Waals surface area (Å²) in [6.07, 6.45) is -1.67. The van der Waals surface area contributed by atoms with Gasteiger partial charge in [-0.2, -0.15) is 0 Å². The van der Waals surface area contributed by atoms with E-state index in [2.05, 4.69) is 69.3 Å². The maximum Gasteiger partial charge on any atom is 0.408 e. The van der Waals surface area contributed by atoms with Crippen LogP contribution < -0.4 is 10.4 Å². The van der Waals surface area contributed by atoms with Crippen LogP contribution in [0.4, 0.5) is 9.59 Å². The second-order valence-electron chi connectivity index (χ2n) is 12.4. The SMILES string of the molecule is CC(C)(C)[Si](OCCc1ccc(C2=C(C(=O)O)[C@H]3CN(C(=O)O)C[C@@H](C2)N3C(=O)O)cc1)(c1ccccc1)c1ccccc1. The van der Waals surface area contributed by atoms with Gasteiger partial charge < -0.3 is 24.6 Å². The van der Waals surface area contributed by atoms with Gasteiger partial charge in [-0.3, -0.25) is 4.90 Å². The van der Waals surface area contributed by atoms with E-state index in [1.165, 1.54) is 10.4 Å². The highest BCUT2D eigenvalue weighted by Gasteiger charge is 2.50. The van der Waals surface area contributed by atoms with Crippen LogP contribution in [0.1, 0.15) is 38.3 Å². The van der Waals surface area contributed by atoms with E-state index < -0.39 is 38.6 Å². The number of aliphatic carboxylic acids is 1. The number of rotatable bonds is 8. The predicted octanol–water partition coefficient (Wildman–Crippen LogP) is 4.76. The average Bonchev–Trinajstić information content (AvgIpc) is 2.98. The first-order valence-corrected chi connectivity index (χ1v) is 16.6. The van der Waals surface area contributed by atoms with Crippen LogP contribution in [0.25, 0.3) is 5.57 Å². The number of hydrogen-bond donors (Lipinski definition) is 3. The normalized spacial score (nSPS) is 18.7. The number of carboxylic acid groups (broad SMARTS) is 3. The summed E-state index contributed by atoms with van der Waals surface area (Å²) in [5.74, 6) is -1.25. The molecule has 2 atom stereocenters. The second kappa shape index (κ2) is 12.3. The van der Waals surface area contributed by atoms with Crippen LogP contribution in [0.2, 0.25) is 5.04 Å². The molecule has 0 radical (unpaired) electrons. The summed E-state index contributed by atoms with van der Waals surface area (Å²) in [5.41, 5.74) is 2.20. The van der Waals surface area contributed by atoms with Gasteiger partial charge in [-0.15, -0.1) is 0 Å². The maximum atomic E-state index is 12.4. The van der Waals surface area contributed by atoms with E-state index in [0.29, 0.717) is 24.2 Å². The zero-order chi connectivity index (χ0) is 31.6. The van der Waals surface area contributed by atoms with Crippen molar-refractivity contribution in [3.63, 3.8) is 0 Å². The Morgan fingerprint density at radius 2 is 1.39 bits per heavy atom. The van der Waals surface area contributed by atoms with Crippen molar-refractivity contribution in [3.05, 3.63) is 102 Å². The summed E-state index contributed by atoms with van der Waals surface area (Å²) >= 11 is 0. The smallest absolute Gasteiger partial charge is 0.408 e. The molecular formula is C34H38N2O7Si. The van der Waals surface area contributed by atoms with E-state index in [4.69, 9.17) is 4.43 Å². The van der Waals surface area contributed by atoms with Crippen molar-refractivity contribution in [1.29, 1.82) is 0 Å². The molecule has 5 rings (SSSR count). The molecule has 2 bridgehead atoms. The van der Waals surface area contributed by atoms with E-state index in [1.807, 2.05) is 36.4 Å². The summed E-state index contributed by atoms with van der Waals surface area (Å²) in [7, 11) is -2.68. The molecule has 9 nitrogen and oxygen atoms in total. The van der Waals surface area contributed by atoms with Gasteiger partial charge in [0.15, 0.2) is 0 Å². The van der Waals surface area contributed by atoms with Crippen LogP contribution in [0.15, 0.2) is 90.5 Å². The van der Waals surface area contributed by atoms with Crippen LogP contribution in [0, 0.1) is 0 Å². The fraction of sp³-hybridized carbons (Fsp3) is 0.324. The van der Waals surface area contributed by atoms with Crippen LogP contribution in [-0.2, 0) is 15.6 Å². The second-order valence-corrected chi connectivity index (χ2v) is 16.7. The Kier molecular flexibility index (Phi) is 8.67. The molecule has 0 aliphatic carbocycles. The number of hydrogen-bond acceptors (Lipinski definition) is 4. The molecule has 2 heterocycles. The molecule has 3 aromatic carbocycles. The Labute approximate surface area is 258 Å². The molecule has 3 N–H and O–H groups in total. The Bertz CT molecular complexity index is 1510. The van der Waals surface area contributed by atoms with Gasteiger partial charge in [0.1, 0.15) is 0 Å². The van der Waals surface area contributed by atoms with E-state index in [0.717, 1.165) is 15.4 Å². The highest BCUT2D eigenvalue weighted by molar-refractivity contribution is 6.99. The first kappa shape index (κ1) is 31.0. The molecule has 230 valence electrons. The van der Waals surface area contributed by atoms with Crippen LogP contribution in [0.3, 0.4) is 0 Å². The van der Waals surface area contributed by atoms with Crippen LogP contribution in [-0.4, -0.2) is 83.4 Å². The summed E-state index contributed by atoms with van der Waals surface area (Å²) in [4.78, 5) is 38.4. The summed E-state index contributed by atoms with van der Waals surface area (Å²) in [5, 5.41) is 31.8.